The number of nitrogens with one attached hydrogen (secondary N) is 1. The molecule has 0 aliphatic rings. The van der Waals surface area contributed by atoms with E-state index in [0.717, 1.165) is 0 Å². The lowest BCUT2D eigenvalue weighted by molar-refractivity contribution is -0.141. The Hall–Kier alpha value is -1.82. The van der Waals surface area contributed by atoms with E-state index < -0.39 is 17.9 Å². The number of carboxylic acid groups (broad SMARTS) is 1. The van der Waals surface area contributed by atoms with Gasteiger partial charge in [0, 0.05) is 18.4 Å². The highest BCUT2D eigenvalue weighted by atomic mass is 32.2. The molecule has 0 saturated carbocycles. The minimum atomic E-state index is -1.05. The van der Waals surface area contributed by atoms with Gasteiger partial charge in [0.05, 0.1) is 0 Å². The zero-order valence-corrected chi connectivity index (χ0v) is 12.7. The number of thioether (sulfide) groups is 1. The quantitative estimate of drug-likeness (QED) is 0.681. The minimum absolute atomic E-state index is 0.00320. The molecule has 1 aromatic carbocycles. The number of ketones is 1. The maximum absolute atomic E-state index is 11.8. The van der Waals surface area contributed by atoms with Crippen molar-refractivity contribution in [3.63, 3.8) is 0 Å². The maximum Gasteiger partial charge on any atom is 0.326 e. The van der Waals surface area contributed by atoms with Gasteiger partial charge in [-0.1, -0.05) is 30.3 Å². The molecule has 0 aliphatic carbocycles. The van der Waals surface area contributed by atoms with Gasteiger partial charge in [-0.25, -0.2) is 4.79 Å². The van der Waals surface area contributed by atoms with Crippen LogP contribution in [0.4, 0.5) is 0 Å². The summed E-state index contributed by atoms with van der Waals surface area (Å²) in [6, 6.07) is 7.83. The van der Waals surface area contributed by atoms with Crippen LogP contribution < -0.4 is 5.32 Å². The number of carbonyl (C=O) groups excluding carboxylic acids is 2. The Morgan fingerprint density at radius 3 is 2.43 bits per heavy atom. The molecule has 1 atom stereocenters. The molecule has 0 aliphatic heterocycles. The lowest BCUT2D eigenvalue weighted by atomic mass is 10.1. The summed E-state index contributed by atoms with van der Waals surface area (Å²) in [5.41, 5.74) is 0.558. The third-order valence-electron chi connectivity index (χ3n) is 2.92. The number of hydrogen-bond acceptors (Lipinski definition) is 4. The van der Waals surface area contributed by atoms with E-state index in [4.69, 9.17) is 5.11 Å². The molecule has 0 aromatic heterocycles. The van der Waals surface area contributed by atoms with Crippen LogP contribution in [0.3, 0.4) is 0 Å². The Kier molecular flexibility index (Phi) is 7.53. The van der Waals surface area contributed by atoms with E-state index in [1.165, 1.54) is 11.8 Å². The summed E-state index contributed by atoms with van der Waals surface area (Å²) in [7, 11) is 0. The molecule has 0 heterocycles. The van der Waals surface area contributed by atoms with Crippen molar-refractivity contribution < 1.29 is 19.5 Å². The molecule has 5 nitrogen and oxygen atoms in total. The minimum Gasteiger partial charge on any atom is -0.480 e. The Bertz CT molecular complexity index is 490. The van der Waals surface area contributed by atoms with Crippen LogP contribution >= 0.6 is 11.8 Å². The van der Waals surface area contributed by atoms with Crippen LogP contribution in [-0.2, 0) is 9.59 Å². The molecule has 0 bridgehead atoms. The zero-order valence-electron chi connectivity index (χ0n) is 11.9. The maximum atomic E-state index is 11.8. The van der Waals surface area contributed by atoms with Crippen molar-refractivity contribution >= 4 is 29.4 Å². The second-order valence-corrected chi connectivity index (χ2v) is 5.51. The van der Waals surface area contributed by atoms with Crippen LogP contribution in [-0.4, -0.2) is 40.8 Å². The summed E-state index contributed by atoms with van der Waals surface area (Å²) in [6.07, 6.45) is 2.32. The monoisotopic (exact) mass is 309 g/mol. The first-order chi connectivity index (χ1) is 10.0. The molecule has 21 heavy (non-hydrogen) atoms. The van der Waals surface area contributed by atoms with Gasteiger partial charge < -0.3 is 10.4 Å². The normalized spacial score (nSPS) is 11.7. The van der Waals surface area contributed by atoms with E-state index in [1.54, 1.807) is 24.3 Å². The first-order valence-electron chi connectivity index (χ1n) is 6.64. The summed E-state index contributed by atoms with van der Waals surface area (Å²) in [4.78, 5) is 34.6. The fraction of sp³-hybridized carbons (Fsp3) is 0.400. The molecule has 0 spiro atoms. The van der Waals surface area contributed by atoms with Crippen LogP contribution in [0.25, 0.3) is 0 Å². The van der Waals surface area contributed by atoms with Crippen molar-refractivity contribution in [3.05, 3.63) is 35.9 Å². The molecule has 0 radical (unpaired) electrons. The van der Waals surface area contributed by atoms with E-state index in [9.17, 15) is 14.4 Å². The van der Waals surface area contributed by atoms with Crippen molar-refractivity contribution in [1.29, 1.82) is 0 Å². The number of rotatable bonds is 9. The van der Waals surface area contributed by atoms with Crippen LogP contribution in [0.2, 0.25) is 0 Å². The molecule has 6 heteroatoms. The van der Waals surface area contributed by atoms with Crippen molar-refractivity contribution in [2.24, 2.45) is 0 Å². The van der Waals surface area contributed by atoms with Gasteiger partial charge in [0.1, 0.15) is 6.04 Å². The summed E-state index contributed by atoms with van der Waals surface area (Å²) in [5, 5.41) is 11.5. The van der Waals surface area contributed by atoms with Gasteiger partial charge in [-0.15, -0.1) is 0 Å². The average Bonchev–Trinajstić information content (AvgIpc) is 2.49. The fourth-order valence-corrected chi connectivity index (χ4v) is 2.23. The standard InChI is InChI=1S/C15H19NO4S/c1-21-10-9-12(15(19)20)16-14(18)8-7-13(17)11-5-3-2-4-6-11/h2-6,12H,7-10H2,1H3,(H,16,18)(H,19,20). The van der Waals surface area contributed by atoms with E-state index >= 15 is 0 Å². The molecule has 1 unspecified atom stereocenters. The fourth-order valence-electron chi connectivity index (χ4n) is 1.76. The van der Waals surface area contributed by atoms with E-state index in [1.807, 2.05) is 12.3 Å². The average molecular weight is 309 g/mol. The highest BCUT2D eigenvalue weighted by Gasteiger charge is 2.19. The first kappa shape index (κ1) is 17.2. The molecule has 1 amide bonds. The largest absolute Gasteiger partial charge is 0.480 e. The summed E-state index contributed by atoms with van der Waals surface area (Å²) in [5.74, 6) is -0.929. The van der Waals surface area contributed by atoms with Crippen molar-refractivity contribution in [3.8, 4) is 0 Å². The van der Waals surface area contributed by atoms with Gasteiger partial charge in [0.15, 0.2) is 5.78 Å². The number of amides is 1. The third-order valence-corrected chi connectivity index (χ3v) is 3.56. The number of aliphatic carboxylic acids is 1. The number of benzene rings is 1. The van der Waals surface area contributed by atoms with Gasteiger partial charge in [0.2, 0.25) is 5.91 Å². The van der Waals surface area contributed by atoms with Crippen LogP contribution in [0.15, 0.2) is 30.3 Å². The number of hydrogen-bond donors (Lipinski definition) is 2. The Morgan fingerprint density at radius 1 is 1.19 bits per heavy atom. The molecular formula is C15H19NO4S. The van der Waals surface area contributed by atoms with E-state index in [0.29, 0.717) is 17.7 Å². The predicted octanol–water partition coefficient (Wildman–Crippen LogP) is 1.97. The van der Waals surface area contributed by atoms with Crippen molar-refractivity contribution in [1.82, 2.24) is 5.32 Å². The topological polar surface area (TPSA) is 83.5 Å². The lowest BCUT2D eigenvalue weighted by Gasteiger charge is -2.13. The van der Waals surface area contributed by atoms with Crippen LogP contribution in [0, 0.1) is 0 Å². The van der Waals surface area contributed by atoms with Crippen LogP contribution in [0.5, 0.6) is 0 Å². The molecule has 1 rings (SSSR count). The number of carbonyl (C=O) groups is 3. The first-order valence-corrected chi connectivity index (χ1v) is 8.03. The van der Waals surface area contributed by atoms with Crippen molar-refractivity contribution in [2.75, 3.05) is 12.0 Å². The van der Waals surface area contributed by atoms with Gasteiger partial charge in [0.25, 0.3) is 0 Å². The second kappa shape index (κ2) is 9.18. The number of Topliss-reactive ketones (excluding diaryl/α,β-unsaturated/α-hetero) is 1. The SMILES string of the molecule is CSCCC(NC(=O)CCC(=O)c1ccccc1)C(=O)O. The molecule has 0 fully saturated rings. The smallest absolute Gasteiger partial charge is 0.326 e. The molecular weight excluding hydrogens is 290 g/mol. The molecule has 0 saturated heterocycles. The van der Waals surface area contributed by atoms with Gasteiger partial charge in [-0.3, -0.25) is 9.59 Å². The van der Waals surface area contributed by atoms with E-state index in [-0.39, 0.29) is 18.6 Å². The Balaban J connectivity index is 2.42. The summed E-state index contributed by atoms with van der Waals surface area (Å²) < 4.78 is 0. The molecule has 114 valence electrons. The Morgan fingerprint density at radius 2 is 1.86 bits per heavy atom. The van der Waals surface area contributed by atoms with Gasteiger partial charge in [-0.05, 0) is 18.4 Å². The molecule has 1 aromatic rings. The highest BCUT2D eigenvalue weighted by molar-refractivity contribution is 7.98. The second-order valence-electron chi connectivity index (χ2n) is 4.53. The van der Waals surface area contributed by atoms with Crippen molar-refractivity contribution in [2.45, 2.75) is 25.3 Å². The molecule has 2 N–H and O–H groups in total. The third kappa shape index (κ3) is 6.44. The van der Waals surface area contributed by atoms with Gasteiger partial charge in [-0.2, -0.15) is 11.8 Å². The highest BCUT2D eigenvalue weighted by Crippen LogP contribution is 2.06. The van der Waals surface area contributed by atoms with Gasteiger partial charge >= 0.3 is 5.97 Å². The van der Waals surface area contributed by atoms with Crippen LogP contribution in [0.1, 0.15) is 29.6 Å². The Labute approximate surface area is 128 Å². The zero-order chi connectivity index (χ0) is 15.7. The lowest BCUT2D eigenvalue weighted by Crippen LogP contribution is -2.41. The summed E-state index contributed by atoms with van der Waals surface area (Å²) in [6.45, 7) is 0. The summed E-state index contributed by atoms with van der Waals surface area (Å²) >= 11 is 1.52. The predicted molar refractivity (Wildman–Crippen MR) is 82.6 cm³/mol. The number of carboxylic acids is 1. The van der Waals surface area contributed by atoms with E-state index in [2.05, 4.69) is 5.32 Å².